The topological polar surface area (TPSA) is 61.4 Å². The molecule has 0 unspecified atom stereocenters. The van der Waals surface area contributed by atoms with Crippen LogP contribution in [0.25, 0.3) is 0 Å². The molecular weight excluding hydrogens is 230 g/mol. The zero-order valence-electron chi connectivity index (χ0n) is 11.2. The summed E-state index contributed by atoms with van der Waals surface area (Å²) in [6.07, 6.45) is 5.47. The van der Waals surface area contributed by atoms with Crippen molar-refractivity contribution in [2.45, 2.75) is 56.7 Å². The van der Waals surface area contributed by atoms with E-state index in [0.717, 1.165) is 25.7 Å². The van der Waals surface area contributed by atoms with Crippen LogP contribution in [0.5, 0.6) is 0 Å². The van der Waals surface area contributed by atoms with Gasteiger partial charge in [0.25, 0.3) is 0 Å². The molecule has 5 heteroatoms. The Hall–Kier alpha value is -1.10. The monoisotopic (exact) mass is 253 g/mol. The summed E-state index contributed by atoms with van der Waals surface area (Å²) < 4.78 is 0. The molecule has 0 aromatic carbocycles. The summed E-state index contributed by atoms with van der Waals surface area (Å²) in [5, 5.41) is 6.04. The Morgan fingerprint density at radius 1 is 1.28 bits per heavy atom. The van der Waals surface area contributed by atoms with Gasteiger partial charge in [0.2, 0.25) is 11.8 Å². The molecule has 1 aliphatic carbocycles. The lowest BCUT2D eigenvalue weighted by Gasteiger charge is -2.35. The molecule has 18 heavy (non-hydrogen) atoms. The van der Waals surface area contributed by atoms with Gasteiger partial charge in [0.05, 0.1) is 0 Å². The van der Waals surface area contributed by atoms with Crippen molar-refractivity contribution in [3.05, 3.63) is 0 Å². The van der Waals surface area contributed by atoms with Crippen LogP contribution in [0.4, 0.5) is 0 Å². The van der Waals surface area contributed by atoms with Crippen LogP contribution in [0.1, 0.15) is 38.5 Å². The minimum atomic E-state index is -0.287. The minimum Gasteiger partial charge on any atom is -0.344 e. The van der Waals surface area contributed by atoms with Gasteiger partial charge in [-0.3, -0.25) is 9.59 Å². The van der Waals surface area contributed by atoms with Crippen LogP contribution >= 0.6 is 0 Å². The fraction of sp³-hybridized carbons (Fsp3) is 0.846. The fourth-order valence-corrected chi connectivity index (χ4v) is 2.98. The summed E-state index contributed by atoms with van der Waals surface area (Å²) >= 11 is 0. The molecule has 5 nitrogen and oxygen atoms in total. The van der Waals surface area contributed by atoms with Gasteiger partial charge in [0, 0.05) is 25.6 Å². The molecule has 1 saturated heterocycles. The van der Waals surface area contributed by atoms with Crippen molar-refractivity contribution < 1.29 is 9.59 Å². The molecule has 2 fully saturated rings. The number of nitrogens with zero attached hydrogens (tertiary/aromatic N) is 1. The van der Waals surface area contributed by atoms with Gasteiger partial charge >= 0.3 is 0 Å². The highest BCUT2D eigenvalue weighted by atomic mass is 16.2. The molecule has 2 amide bonds. The average Bonchev–Trinajstić information content (AvgIpc) is 2.84. The Morgan fingerprint density at radius 3 is 2.44 bits per heavy atom. The molecule has 0 aromatic rings. The number of hydrogen-bond donors (Lipinski definition) is 2. The number of carbonyl (C=O) groups excluding carboxylic acids is 2. The summed E-state index contributed by atoms with van der Waals surface area (Å²) in [5.74, 6) is 0.0781. The zero-order valence-corrected chi connectivity index (χ0v) is 11.2. The quantitative estimate of drug-likeness (QED) is 0.758. The third-order valence-electron chi connectivity index (χ3n) is 4.29. The Bertz CT molecular complexity index is 324. The summed E-state index contributed by atoms with van der Waals surface area (Å²) in [7, 11) is 3.87. The van der Waals surface area contributed by atoms with Crippen LogP contribution in [0.15, 0.2) is 0 Å². The largest absolute Gasteiger partial charge is 0.344 e. The average molecular weight is 253 g/mol. The SMILES string of the molecule is CNC1CCC(N(C)C(=O)[C@@H]2CCC(=O)N2)CC1. The molecule has 2 aliphatic rings. The van der Waals surface area contributed by atoms with Gasteiger partial charge in [-0.1, -0.05) is 0 Å². The van der Waals surface area contributed by atoms with E-state index in [2.05, 4.69) is 10.6 Å². The highest BCUT2D eigenvalue weighted by Crippen LogP contribution is 2.23. The number of rotatable bonds is 3. The highest BCUT2D eigenvalue weighted by Gasteiger charge is 2.33. The Labute approximate surface area is 108 Å². The lowest BCUT2D eigenvalue weighted by molar-refractivity contribution is -0.135. The summed E-state index contributed by atoms with van der Waals surface area (Å²) in [6, 6.07) is 0.639. The number of amides is 2. The van der Waals surface area contributed by atoms with E-state index < -0.39 is 0 Å². The maximum atomic E-state index is 12.2. The van der Waals surface area contributed by atoms with E-state index in [1.807, 2.05) is 19.0 Å². The fourth-order valence-electron chi connectivity index (χ4n) is 2.98. The molecule has 2 N–H and O–H groups in total. The van der Waals surface area contributed by atoms with Crippen molar-refractivity contribution in [3.8, 4) is 0 Å². The smallest absolute Gasteiger partial charge is 0.245 e. The van der Waals surface area contributed by atoms with Crippen molar-refractivity contribution in [2.75, 3.05) is 14.1 Å². The first-order valence-corrected chi connectivity index (χ1v) is 6.85. The summed E-state index contributed by atoms with van der Waals surface area (Å²) in [5.41, 5.74) is 0. The summed E-state index contributed by atoms with van der Waals surface area (Å²) in [4.78, 5) is 25.2. The van der Waals surface area contributed by atoms with E-state index in [4.69, 9.17) is 0 Å². The van der Waals surface area contributed by atoms with Crippen LogP contribution in [-0.2, 0) is 9.59 Å². The van der Waals surface area contributed by atoms with Crippen LogP contribution in [-0.4, -0.2) is 48.9 Å². The van der Waals surface area contributed by atoms with E-state index in [1.165, 1.54) is 0 Å². The first-order valence-electron chi connectivity index (χ1n) is 6.85. The standard InChI is InChI=1S/C13H23N3O2/c1-14-9-3-5-10(6-4-9)16(2)13(18)11-7-8-12(17)15-11/h9-11,14H,3-8H2,1-2H3,(H,15,17)/t9?,10?,11-/m0/s1. The van der Waals surface area contributed by atoms with Crippen molar-refractivity contribution in [1.29, 1.82) is 0 Å². The van der Waals surface area contributed by atoms with Crippen LogP contribution in [0, 0.1) is 0 Å². The molecule has 2 rings (SSSR count). The minimum absolute atomic E-state index is 0.000594. The lowest BCUT2D eigenvalue weighted by atomic mass is 9.90. The predicted octanol–water partition coefficient (Wildman–Crippen LogP) is 0.254. The van der Waals surface area contributed by atoms with E-state index in [0.29, 0.717) is 24.9 Å². The Morgan fingerprint density at radius 2 is 1.94 bits per heavy atom. The van der Waals surface area contributed by atoms with Gasteiger partial charge in [-0.25, -0.2) is 0 Å². The molecule has 1 aliphatic heterocycles. The van der Waals surface area contributed by atoms with E-state index >= 15 is 0 Å². The Balaban J connectivity index is 1.85. The third kappa shape index (κ3) is 2.83. The molecule has 1 atom stereocenters. The number of hydrogen-bond acceptors (Lipinski definition) is 3. The summed E-state index contributed by atoms with van der Waals surface area (Å²) in [6.45, 7) is 0. The molecule has 0 bridgehead atoms. The zero-order chi connectivity index (χ0) is 13.1. The van der Waals surface area contributed by atoms with Crippen molar-refractivity contribution in [1.82, 2.24) is 15.5 Å². The van der Waals surface area contributed by atoms with E-state index in [9.17, 15) is 9.59 Å². The van der Waals surface area contributed by atoms with Crippen molar-refractivity contribution >= 4 is 11.8 Å². The highest BCUT2D eigenvalue weighted by molar-refractivity contribution is 5.90. The number of carbonyl (C=O) groups is 2. The van der Waals surface area contributed by atoms with Gasteiger partial charge in [-0.05, 0) is 39.2 Å². The lowest BCUT2D eigenvalue weighted by Crippen LogP contribution is -2.49. The van der Waals surface area contributed by atoms with Crippen molar-refractivity contribution in [3.63, 3.8) is 0 Å². The second-order valence-electron chi connectivity index (χ2n) is 5.40. The van der Waals surface area contributed by atoms with Gasteiger partial charge < -0.3 is 15.5 Å². The van der Waals surface area contributed by atoms with Crippen molar-refractivity contribution in [2.24, 2.45) is 0 Å². The van der Waals surface area contributed by atoms with Gasteiger partial charge in [0.15, 0.2) is 0 Å². The number of likely N-dealkylation sites (N-methyl/N-ethyl adjacent to an activating group) is 1. The van der Waals surface area contributed by atoms with E-state index in [1.54, 1.807) is 0 Å². The molecule has 1 saturated carbocycles. The number of nitrogens with one attached hydrogen (secondary N) is 2. The second kappa shape index (κ2) is 5.69. The molecule has 0 aromatic heterocycles. The van der Waals surface area contributed by atoms with Crippen LogP contribution < -0.4 is 10.6 Å². The van der Waals surface area contributed by atoms with Crippen LogP contribution in [0.2, 0.25) is 0 Å². The van der Waals surface area contributed by atoms with Gasteiger partial charge in [-0.2, -0.15) is 0 Å². The normalized spacial score (nSPS) is 32.1. The Kier molecular flexibility index (Phi) is 4.22. The second-order valence-corrected chi connectivity index (χ2v) is 5.40. The first-order chi connectivity index (χ1) is 8.61. The van der Waals surface area contributed by atoms with Gasteiger partial charge in [0.1, 0.15) is 6.04 Å². The predicted molar refractivity (Wildman–Crippen MR) is 69.0 cm³/mol. The third-order valence-corrected chi connectivity index (χ3v) is 4.29. The van der Waals surface area contributed by atoms with Crippen LogP contribution in [0.3, 0.4) is 0 Å². The van der Waals surface area contributed by atoms with E-state index in [-0.39, 0.29) is 17.9 Å². The molecule has 102 valence electrons. The molecule has 0 spiro atoms. The molecular formula is C13H23N3O2. The molecule has 1 heterocycles. The maximum Gasteiger partial charge on any atom is 0.245 e. The van der Waals surface area contributed by atoms with Gasteiger partial charge in [-0.15, -0.1) is 0 Å². The molecule has 0 radical (unpaired) electrons. The first kappa shape index (κ1) is 13.3. The maximum absolute atomic E-state index is 12.2.